The van der Waals surface area contributed by atoms with Crippen molar-refractivity contribution in [3.8, 4) is 0 Å². The molecule has 2 fully saturated rings. The number of anilines is 3. The highest BCUT2D eigenvalue weighted by molar-refractivity contribution is 5.53. The molecular weight excluding hydrogens is 354 g/mol. The maximum Gasteiger partial charge on any atom is 0.254 e. The third-order valence-electron chi connectivity index (χ3n) is 5.61. The van der Waals surface area contributed by atoms with Gasteiger partial charge in [-0.1, -0.05) is 0 Å². The van der Waals surface area contributed by atoms with E-state index in [4.69, 9.17) is 0 Å². The fourth-order valence-electron chi connectivity index (χ4n) is 4.11. The molecule has 5 rings (SSSR count). The van der Waals surface area contributed by atoms with Crippen LogP contribution in [0.4, 0.5) is 17.5 Å². The SMILES string of the molecule is Cc1cc(N2CCN(c3cc(N4CCCCC4)ncn3)CC2)n2ncnc2n1. The number of rotatable bonds is 3. The minimum atomic E-state index is 0.652. The highest BCUT2D eigenvalue weighted by Crippen LogP contribution is 2.23. The summed E-state index contributed by atoms with van der Waals surface area (Å²) in [5, 5.41) is 4.34. The predicted octanol–water partition coefficient (Wildman–Crippen LogP) is 1.54. The normalized spacial score (nSPS) is 18.1. The lowest BCUT2D eigenvalue weighted by molar-refractivity contribution is 0.572. The molecule has 0 amide bonds. The van der Waals surface area contributed by atoms with Gasteiger partial charge in [0.15, 0.2) is 0 Å². The van der Waals surface area contributed by atoms with Crippen LogP contribution in [0.3, 0.4) is 0 Å². The molecule has 0 atom stereocenters. The van der Waals surface area contributed by atoms with Crippen LogP contribution in [0.15, 0.2) is 24.8 Å². The summed E-state index contributed by atoms with van der Waals surface area (Å²) in [6, 6.07) is 4.23. The van der Waals surface area contributed by atoms with E-state index in [-0.39, 0.29) is 0 Å². The summed E-state index contributed by atoms with van der Waals surface area (Å²) >= 11 is 0. The smallest absolute Gasteiger partial charge is 0.254 e. The van der Waals surface area contributed by atoms with E-state index in [1.54, 1.807) is 12.7 Å². The molecule has 2 saturated heterocycles. The Morgan fingerprint density at radius 3 is 2.14 bits per heavy atom. The summed E-state index contributed by atoms with van der Waals surface area (Å²) in [6.45, 7) is 7.82. The second-order valence-corrected chi connectivity index (χ2v) is 7.48. The van der Waals surface area contributed by atoms with Crippen molar-refractivity contribution in [2.45, 2.75) is 26.2 Å². The number of hydrogen-bond acceptors (Lipinski definition) is 8. The second-order valence-electron chi connectivity index (χ2n) is 7.48. The summed E-state index contributed by atoms with van der Waals surface area (Å²) < 4.78 is 1.82. The number of fused-ring (bicyclic) bond motifs is 1. The average Bonchev–Trinajstić information content (AvgIpc) is 3.22. The Morgan fingerprint density at radius 1 is 0.714 bits per heavy atom. The molecule has 0 unspecified atom stereocenters. The molecule has 28 heavy (non-hydrogen) atoms. The third kappa shape index (κ3) is 3.21. The van der Waals surface area contributed by atoms with Crippen molar-refractivity contribution in [3.63, 3.8) is 0 Å². The van der Waals surface area contributed by atoms with Gasteiger partial charge < -0.3 is 14.7 Å². The third-order valence-corrected chi connectivity index (χ3v) is 5.61. The molecule has 0 aliphatic carbocycles. The Balaban J connectivity index is 1.31. The summed E-state index contributed by atoms with van der Waals surface area (Å²) in [4.78, 5) is 24.8. The number of aryl methyl sites for hydroxylation is 1. The van der Waals surface area contributed by atoms with Crippen LogP contribution in [0.1, 0.15) is 25.0 Å². The lowest BCUT2D eigenvalue weighted by atomic mass is 10.1. The fourth-order valence-corrected chi connectivity index (χ4v) is 4.11. The second kappa shape index (κ2) is 7.21. The Morgan fingerprint density at radius 2 is 1.39 bits per heavy atom. The lowest BCUT2D eigenvalue weighted by Gasteiger charge is -2.37. The van der Waals surface area contributed by atoms with E-state index < -0.39 is 0 Å². The molecule has 9 heteroatoms. The van der Waals surface area contributed by atoms with Crippen molar-refractivity contribution < 1.29 is 0 Å². The van der Waals surface area contributed by atoms with Crippen molar-refractivity contribution in [3.05, 3.63) is 30.5 Å². The van der Waals surface area contributed by atoms with Crippen molar-refractivity contribution in [1.82, 2.24) is 29.5 Å². The Kier molecular flexibility index (Phi) is 4.42. The molecule has 0 saturated carbocycles. The first-order chi connectivity index (χ1) is 13.8. The van der Waals surface area contributed by atoms with Crippen LogP contribution in [0.25, 0.3) is 5.78 Å². The van der Waals surface area contributed by atoms with Crippen LogP contribution in [-0.2, 0) is 0 Å². The zero-order chi connectivity index (χ0) is 18.9. The molecule has 3 aromatic rings. The number of piperazine rings is 1. The minimum absolute atomic E-state index is 0.652. The van der Waals surface area contributed by atoms with E-state index in [1.807, 2.05) is 11.4 Å². The molecule has 0 bridgehead atoms. The summed E-state index contributed by atoms with van der Waals surface area (Å²) in [5.74, 6) is 3.78. The largest absolute Gasteiger partial charge is 0.356 e. The van der Waals surface area contributed by atoms with Crippen LogP contribution >= 0.6 is 0 Å². The quantitative estimate of drug-likeness (QED) is 0.678. The molecule has 0 spiro atoms. The van der Waals surface area contributed by atoms with Gasteiger partial charge in [0.1, 0.15) is 30.1 Å². The van der Waals surface area contributed by atoms with E-state index in [0.717, 1.165) is 62.4 Å². The van der Waals surface area contributed by atoms with Gasteiger partial charge in [-0.25, -0.2) is 15.0 Å². The summed E-state index contributed by atoms with van der Waals surface area (Å²) in [5.41, 5.74) is 0.958. The lowest BCUT2D eigenvalue weighted by Crippen LogP contribution is -2.47. The number of hydrogen-bond donors (Lipinski definition) is 0. The number of aromatic nitrogens is 6. The zero-order valence-electron chi connectivity index (χ0n) is 16.2. The predicted molar refractivity (Wildman–Crippen MR) is 108 cm³/mol. The Hall–Kier alpha value is -2.97. The van der Waals surface area contributed by atoms with Gasteiger partial charge in [0, 0.05) is 57.1 Å². The highest BCUT2D eigenvalue weighted by atomic mass is 15.4. The van der Waals surface area contributed by atoms with Gasteiger partial charge in [0.2, 0.25) is 0 Å². The number of nitrogens with zero attached hydrogens (tertiary/aromatic N) is 9. The first kappa shape index (κ1) is 17.2. The molecule has 5 heterocycles. The van der Waals surface area contributed by atoms with E-state index in [0.29, 0.717) is 5.78 Å². The first-order valence-electron chi connectivity index (χ1n) is 10.0. The van der Waals surface area contributed by atoms with Crippen molar-refractivity contribution in [2.24, 2.45) is 0 Å². The van der Waals surface area contributed by atoms with E-state index in [9.17, 15) is 0 Å². The molecule has 9 nitrogen and oxygen atoms in total. The van der Waals surface area contributed by atoms with Gasteiger partial charge in [-0.2, -0.15) is 14.6 Å². The Bertz CT molecular complexity index is 955. The maximum atomic E-state index is 4.54. The molecule has 2 aliphatic rings. The standard InChI is InChI=1S/C19H25N9/c1-15-11-18(28-19(24-15)22-14-23-28)27-9-7-26(8-10-27)17-12-16(20-13-21-17)25-5-3-2-4-6-25/h11-14H,2-10H2,1H3. The fraction of sp³-hybridized carbons (Fsp3) is 0.526. The monoisotopic (exact) mass is 379 g/mol. The van der Waals surface area contributed by atoms with Gasteiger partial charge in [0.05, 0.1) is 0 Å². The highest BCUT2D eigenvalue weighted by Gasteiger charge is 2.22. The van der Waals surface area contributed by atoms with Crippen molar-refractivity contribution >= 4 is 23.2 Å². The zero-order valence-corrected chi connectivity index (χ0v) is 16.2. The Labute approximate surface area is 164 Å². The van der Waals surface area contributed by atoms with Gasteiger partial charge in [-0.3, -0.25) is 0 Å². The van der Waals surface area contributed by atoms with Crippen LogP contribution in [-0.4, -0.2) is 68.8 Å². The van der Waals surface area contributed by atoms with Gasteiger partial charge in [-0.15, -0.1) is 0 Å². The molecule has 146 valence electrons. The van der Waals surface area contributed by atoms with E-state index in [2.05, 4.69) is 51.9 Å². The molecule has 0 aromatic carbocycles. The van der Waals surface area contributed by atoms with Gasteiger partial charge in [0.25, 0.3) is 5.78 Å². The van der Waals surface area contributed by atoms with Gasteiger partial charge in [-0.05, 0) is 26.2 Å². The van der Waals surface area contributed by atoms with Crippen LogP contribution in [0, 0.1) is 6.92 Å². The molecule has 3 aromatic heterocycles. The summed E-state index contributed by atoms with van der Waals surface area (Å²) in [7, 11) is 0. The molecule has 0 radical (unpaired) electrons. The maximum absolute atomic E-state index is 4.54. The van der Waals surface area contributed by atoms with Crippen LogP contribution < -0.4 is 14.7 Å². The first-order valence-corrected chi connectivity index (χ1v) is 10.0. The topological polar surface area (TPSA) is 78.6 Å². The number of piperidine rings is 1. The van der Waals surface area contributed by atoms with Crippen molar-refractivity contribution in [2.75, 3.05) is 54.0 Å². The van der Waals surface area contributed by atoms with Gasteiger partial charge >= 0.3 is 0 Å². The average molecular weight is 379 g/mol. The van der Waals surface area contributed by atoms with Crippen molar-refractivity contribution in [1.29, 1.82) is 0 Å². The van der Waals surface area contributed by atoms with Crippen LogP contribution in [0.2, 0.25) is 0 Å². The molecular formula is C19H25N9. The minimum Gasteiger partial charge on any atom is -0.356 e. The van der Waals surface area contributed by atoms with E-state index >= 15 is 0 Å². The van der Waals surface area contributed by atoms with Crippen LogP contribution in [0.5, 0.6) is 0 Å². The molecule has 2 aliphatic heterocycles. The molecule has 0 N–H and O–H groups in total. The summed E-state index contributed by atoms with van der Waals surface area (Å²) in [6.07, 6.45) is 7.09. The van der Waals surface area contributed by atoms with E-state index in [1.165, 1.54) is 19.3 Å².